The van der Waals surface area contributed by atoms with Crippen molar-refractivity contribution >= 4 is 5.82 Å². The Hall–Kier alpha value is -3.47. The number of pyridine rings is 2. The fourth-order valence-electron chi connectivity index (χ4n) is 3.00. The molecule has 2 N–H and O–H groups in total. The number of nitrogen functional groups attached to an aromatic ring is 1. The molecule has 0 unspecified atom stereocenters. The molecule has 134 valence electrons. The van der Waals surface area contributed by atoms with E-state index in [0.29, 0.717) is 18.0 Å². The Labute approximate surface area is 157 Å². The minimum atomic E-state index is 0.442. The average molecular weight is 356 g/mol. The van der Waals surface area contributed by atoms with Gasteiger partial charge in [-0.1, -0.05) is 35.5 Å². The molecule has 0 spiro atoms. The summed E-state index contributed by atoms with van der Waals surface area (Å²) < 4.78 is 5.44. The first kappa shape index (κ1) is 17.0. The molecular weight excluding hydrogens is 336 g/mol. The van der Waals surface area contributed by atoms with Crippen LogP contribution in [0.5, 0.6) is 0 Å². The third-order valence-electron chi connectivity index (χ3n) is 4.47. The third-order valence-corrected chi connectivity index (χ3v) is 4.47. The third kappa shape index (κ3) is 4.20. The largest absolute Gasteiger partial charge is 0.383 e. The molecule has 0 aliphatic rings. The Kier molecular flexibility index (Phi) is 4.92. The number of aryl methyl sites for hydroxylation is 2. The molecule has 27 heavy (non-hydrogen) atoms. The molecule has 0 saturated carbocycles. The van der Waals surface area contributed by atoms with E-state index in [1.807, 2.05) is 36.5 Å². The minimum absolute atomic E-state index is 0.442. The van der Waals surface area contributed by atoms with E-state index in [0.717, 1.165) is 29.8 Å². The molecular formula is C22H20N4O. The molecule has 3 heterocycles. The highest BCUT2D eigenvalue weighted by Gasteiger charge is 2.10. The smallest absolute Gasteiger partial charge is 0.170 e. The van der Waals surface area contributed by atoms with Gasteiger partial charge in [0.2, 0.25) is 0 Å². The van der Waals surface area contributed by atoms with Crippen molar-refractivity contribution in [1.29, 1.82) is 0 Å². The molecule has 5 heteroatoms. The van der Waals surface area contributed by atoms with Crippen LogP contribution in [-0.4, -0.2) is 15.1 Å². The van der Waals surface area contributed by atoms with Crippen molar-refractivity contribution in [3.8, 4) is 11.3 Å². The molecule has 0 saturated heterocycles. The Balaban J connectivity index is 1.39. The SMILES string of the molecule is Nc1ncccc1-c1cc(Cc2ccc(CCc3ccccn3)cc2)no1. The van der Waals surface area contributed by atoms with Gasteiger partial charge in [-0.2, -0.15) is 0 Å². The summed E-state index contributed by atoms with van der Waals surface area (Å²) in [6.07, 6.45) is 6.13. The summed E-state index contributed by atoms with van der Waals surface area (Å²) in [4.78, 5) is 8.45. The van der Waals surface area contributed by atoms with Gasteiger partial charge in [-0.3, -0.25) is 4.98 Å². The topological polar surface area (TPSA) is 77.8 Å². The van der Waals surface area contributed by atoms with Crippen molar-refractivity contribution in [2.24, 2.45) is 0 Å². The zero-order valence-electron chi connectivity index (χ0n) is 14.9. The standard InChI is InChI=1S/C22H20N4O/c23-22-20(5-3-13-25-22)21-15-19(26-27-21)14-17-8-6-16(7-9-17)10-11-18-4-1-2-12-24-18/h1-9,12-13,15H,10-11,14H2,(H2,23,25). The van der Waals surface area contributed by atoms with Crippen LogP contribution in [0.1, 0.15) is 22.5 Å². The molecule has 0 amide bonds. The summed E-state index contributed by atoms with van der Waals surface area (Å²) in [5, 5.41) is 4.16. The summed E-state index contributed by atoms with van der Waals surface area (Å²) in [5.41, 5.74) is 11.1. The number of aromatic nitrogens is 3. The monoisotopic (exact) mass is 356 g/mol. The lowest BCUT2D eigenvalue weighted by Gasteiger charge is -2.03. The molecule has 4 rings (SSSR count). The van der Waals surface area contributed by atoms with Crippen molar-refractivity contribution in [2.45, 2.75) is 19.3 Å². The zero-order chi connectivity index (χ0) is 18.5. The minimum Gasteiger partial charge on any atom is -0.383 e. The van der Waals surface area contributed by atoms with Crippen LogP contribution in [-0.2, 0) is 19.3 Å². The van der Waals surface area contributed by atoms with Gasteiger partial charge in [0.1, 0.15) is 5.82 Å². The van der Waals surface area contributed by atoms with Crippen LogP contribution in [0.25, 0.3) is 11.3 Å². The van der Waals surface area contributed by atoms with Gasteiger partial charge >= 0.3 is 0 Å². The first-order valence-electron chi connectivity index (χ1n) is 8.92. The molecule has 0 aliphatic carbocycles. The lowest BCUT2D eigenvalue weighted by Crippen LogP contribution is -1.94. The van der Waals surface area contributed by atoms with Gasteiger partial charge in [0, 0.05) is 30.6 Å². The van der Waals surface area contributed by atoms with E-state index in [1.165, 1.54) is 11.1 Å². The van der Waals surface area contributed by atoms with Gasteiger partial charge in [-0.25, -0.2) is 4.98 Å². The zero-order valence-corrected chi connectivity index (χ0v) is 14.9. The predicted octanol–water partition coefficient (Wildman–Crippen LogP) is 4.09. The van der Waals surface area contributed by atoms with Crippen LogP contribution in [0.15, 0.2) is 77.6 Å². The summed E-state index contributed by atoms with van der Waals surface area (Å²) >= 11 is 0. The molecule has 0 atom stereocenters. The van der Waals surface area contributed by atoms with Gasteiger partial charge in [-0.15, -0.1) is 0 Å². The van der Waals surface area contributed by atoms with Gasteiger partial charge in [0.05, 0.1) is 11.3 Å². The fraction of sp³-hybridized carbons (Fsp3) is 0.136. The second-order valence-electron chi connectivity index (χ2n) is 6.43. The highest BCUT2D eigenvalue weighted by molar-refractivity contribution is 5.69. The summed E-state index contributed by atoms with van der Waals surface area (Å²) in [6, 6.07) is 20.3. The average Bonchev–Trinajstić information content (AvgIpc) is 3.17. The van der Waals surface area contributed by atoms with Crippen molar-refractivity contribution < 1.29 is 4.52 Å². The van der Waals surface area contributed by atoms with Crippen LogP contribution in [0.4, 0.5) is 5.82 Å². The number of rotatable bonds is 6. The maximum absolute atomic E-state index is 5.90. The van der Waals surface area contributed by atoms with Gasteiger partial charge in [0.25, 0.3) is 0 Å². The predicted molar refractivity (Wildman–Crippen MR) is 105 cm³/mol. The number of nitrogens with two attached hydrogens (primary N) is 1. The first-order valence-corrected chi connectivity index (χ1v) is 8.92. The maximum atomic E-state index is 5.90. The lowest BCUT2D eigenvalue weighted by molar-refractivity contribution is 0.425. The van der Waals surface area contributed by atoms with Crippen molar-refractivity contribution in [2.75, 3.05) is 5.73 Å². The normalized spacial score (nSPS) is 10.8. The Bertz CT molecular complexity index is 1010. The van der Waals surface area contributed by atoms with Crippen molar-refractivity contribution in [1.82, 2.24) is 15.1 Å². The molecule has 0 bridgehead atoms. The first-order chi connectivity index (χ1) is 13.3. The maximum Gasteiger partial charge on any atom is 0.170 e. The lowest BCUT2D eigenvalue weighted by atomic mass is 10.0. The summed E-state index contributed by atoms with van der Waals surface area (Å²) in [7, 11) is 0. The molecule has 5 nitrogen and oxygen atoms in total. The van der Waals surface area contributed by atoms with Gasteiger partial charge in [-0.05, 0) is 48.2 Å². The second-order valence-corrected chi connectivity index (χ2v) is 6.43. The molecule has 0 aliphatic heterocycles. The quantitative estimate of drug-likeness (QED) is 0.563. The van der Waals surface area contributed by atoms with Crippen LogP contribution in [0, 0.1) is 0 Å². The molecule has 1 aromatic carbocycles. The molecule has 3 aromatic heterocycles. The second kappa shape index (κ2) is 7.83. The number of anilines is 1. The van der Waals surface area contributed by atoms with E-state index in [2.05, 4.69) is 45.5 Å². The van der Waals surface area contributed by atoms with Gasteiger partial charge < -0.3 is 10.3 Å². The Morgan fingerprint density at radius 1 is 0.778 bits per heavy atom. The van der Waals surface area contributed by atoms with E-state index >= 15 is 0 Å². The number of benzene rings is 1. The van der Waals surface area contributed by atoms with E-state index in [9.17, 15) is 0 Å². The van der Waals surface area contributed by atoms with Crippen molar-refractivity contribution in [3.63, 3.8) is 0 Å². The number of hydrogen-bond donors (Lipinski definition) is 1. The van der Waals surface area contributed by atoms with E-state index in [-0.39, 0.29) is 0 Å². The van der Waals surface area contributed by atoms with E-state index < -0.39 is 0 Å². The highest BCUT2D eigenvalue weighted by Crippen LogP contribution is 2.25. The van der Waals surface area contributed by atoms with Gasteiger partial charge in [0.15, 0.2) is 5.76 Å². The summed E-state index contributed by atoms with van der Waals surface area (Å²) in [5.74, 6) is 1.08. The number of hydrogen-bond acceptors (Lipinski definition) is 5. The van der Waals surface area contributed by atoms with Crippen LogP contribution < -0.4 is 5.73 Å². The van der Waals surface area contributed by atoms with E-state index in [1.54, 1.807) is 6.20 Å². The Morgan fingerprint density at radius 3 is 2.37 bits per heavy atom. The number of nitrogens with zero attached hydrogens (tertiary/aromatic N) is 3. The summed E-state index contributed by atoms with van der Waals surface area (Å²) in [6.45, 7) is 0. The van der Waals surface area contributed by atoms with Crippen LogP contribution in [0.2, 0.25) is 0 Å². The molecule has 0 radical (unpaired) electrons. The Morgan fingerprint density at radius 2 is 1.59 bits per heavy atom. The molecule has 4 aromatic rings. The van der Waals surface area contributed by atoms with Crippen LogP contribution >= 0.6 is 0 Å². The van der Waals surface area contributed by atoms with Crippen molar-refractivity contribution in [3.05, 3.63) is 95.6 Å². The molecule has 0 fully saturated rings. The van der Waals surface area contributed by atoms with Crippen LogP contribution in [0.3, 0.4) is 0 Å². The highest BCUT2D eigenvalue weighted by atomic mass is 16.5. The van der Waals surface area contributed by atoms with E-state index in [4.69, 9.17) is 10.3 Å². The fourth-order valence-corrected chi connectivity index (χ4v) is 3.00.